The number of nitrogens with zero attached hydrogens (tertiary/aromatic N) is 1. The van der Waals surface area contributed by atoms with E-state index in [0.717, 1.165) is 0 Å². The maximum atomic E-state index is 12.5. The smallest absolute Gasteiger partial charge is 0.321 e. The quantitative estimate of drug-likeness (QED) is 0.310. The van der Waals surface area contributed by atoms with Gasteiger partial charge in [0, 0.05) is 17.0 Å². The van der Waals surface area contributed by atoms with Crippen molar-refractivity contribution >= 4 is 62.6 Å². The lowest BCUT2D eigenvalue weighted by atomic mass is 10.1. The van der Waals surface area contributed by atoms with Crippen molar-refractivity contribution in [1.82, 2.24) is 9.71 Å². The van der Waals surface area contributed by atoms with Gasteiger partial charge in [0.1, 0.15) is 18.0 Å². The summed E-state index contributed by atoms with van der Waals surface area (Å²) in [6.45, 7) is 4.54. The third-order valence-corrected chi connectivity index (χ3v) is 4.90. The van der Waals surface area contributed by atoms with Crippen molar-refractivity contribution in [1.29, 1.82) is 5.41 Å². The number of pyridine rings is 1. The monoisotopic (exact) mass is 449 g/mol. The van der Waals surface area contributed by atoms with Crippen molar-refractivity contribution in [2.24, 2.45) is 5.73 Å². The van der Waals surface area contributed by atoms with Gasteiger partial charge in [-0.25, -0.2) is 13.4 Å². The fourth-order valence-corrected chi connectivity index (χ4v) is 3.41. The van der Waals surface area contributed by atoms with Crippen molar-refractivity contribution in [3.05, 3.63) is 29.4 Å². The average molecular weight is 450 g/mol. The molecule has 9 nitrogen and oxygen atoms in total. The fraction of sp³-hybridized carbons (Fsp3) is 0.312. The normalized spacial score (nSPS) is 11.6. The number of guanidine groups is 1. The van der Waals surface area contributed by atoms with Crippen LogP contribution < -0.4 is 15.8 Å². The topological polar surface area (TPSA) is 147 Å². The summed E-state index contributed by atoms with van der Waals surface area (Å²) in [5, 5.41) is 11.1. The highest BCUT2D eigenvalue weighted by atomic mass is 35.5. The van der Waals surface area contributed by atoms with Gasteiger partial charge in [0.15, 0.2) is 5.96 Å². The molecule has 0 fully saturated rings. The Morgan fingerprint density at radius 3 is 2.54 bits per heavy atom. The van der Waals surface area contributed by atoms with E-state index < -0.39 is 28.1 Å². The molecule has 0 amide bonds. The minimum Gasteiger partial charge on any atom is -0.459 e. The van der Waals surface area contributed by atoms with Gasteiger partial charge >= 0.3 is 5.97 Å². The van der Waals surface area contributed by atoms with Gasteiger partial charge < -0.3 is 15.8 Å². The number of rotatable bonds is 5. The van der Waals surface area contributed by atoms with E-state index >= 15 is 0 Å². The molecule has 28 heavy (non-hydrogen) atoms. The van der Waals surface area contributed by atoms with E-state index in [1.165, 1.54) is 24.4 Å². The Labute approximate surface area is 174 Å². The molecule has 0 saturated carbocycles. The van der Waals surface area contributed by atoms with Crippen LogP contribution in [-0.2, 0) is 19.6 Å². The molecule has 2 rings (SSSR count). The van der Waals surface area contributed by atoms with Crippen LogP contribution in [0.25, 0.3) is 10.8 Å². The number of carbonyl (C=O) groups is 1. The second-order valence-electron chi connectivity index (χ2n) is 6.61. The molecule has 154 valence electrons. The Kier molecular flexibility index (Phi) is 7.60. The van der Waals surface area contributed by atoms with E-state index in [1.807, 2.05) is 0 Å². The summed E-state index contributed by atoms with van der Waals surface area (Å²) in [4.78, 5) is 15.7. The molecule has 0 aliphatic rings. The molecule has 0 aliphatic carbocycles. The first-order chi connectivity index (χ1) is 12.4. The summed E-state index contributed by atoms with van der Waals surface area (Å²) in [6, 6.07) is 4.19. The van der Waals surface area contributed by atoms with Gasteiger partial charge in [-0.1, -0.05) is 17.7 Å². The van der Waals surface area contributed by atoms with Crippen molar-refractivity contribution < 1.29 is 17.9 Å². The summed E-state index contributed by atoms with van der Waals surface area (Å²) >= 11 is 6.09. The number of nitrogens with two attached hydrogens (primary N) is 1. The number of carbonyl (C=O) groups excluding carboxylic acids is 1. The van der Waals surface area contributed by atoms with Gasteiger partial charge in [-0.05, 0) is 32.9 Å². The zero-order chi connectivity index (χ0) is 20.4. The standard InChI is InChI=1S/C16H20ClN5O4S.ClH/c1-16(2,3)26-13(23)8-21-27(24,25)9-4-5-10-11(6-9)14(22-15(18)19)20-7-12(10)17;/h4-7,21H,8H2,1-3H3,(H4,18,19,20,22);1H. The van der Waals surface area contributed by atoms with E-state index in [2.05, 4.69) is 15.0 Å². The summed E-state index contributed by atoms with van der Waals surface area (Å²) in [5.74, 6) is -0.871. The molecule has 1 aromatic heterocycles. The Morgan fingerprint density at radius 2 is 1.96 bits per heavy atom. The maximum absolute atomic E-state index is 12.5. The number of anilines is 1. The molecule has 0 saturated heterocycles. The number of sulfonamides is 1. The summed E-state index contributed by atoms with van der Waals surface area (Å²) in [6.07, 6.45) is 1.37. The van der Waals surface area contributed by atoms with Crippen LogP contribution in [0.4, 0.5) is 5.82 Å². The first-order valence-corrected chi connectivity index (χ1v) is 9.66. The van der Waals surface area contributed by atoms with Gasteiger partial charge in [-0.3, -0.25) is 10.2 Å². The molecule has 1 aromatic carbocycles. The molecule has 2 aromatic rings. The van der Waals surface area contributed by atoms with E-state index in [1.54, 1.807) is 20.8 Å². The Morgan fingerprint density at radius 1 is 1.32 bits per heavy atom. The van der Waals surface area contributed by atoms with Gasteiger partial charge in [0.05, 0.1) is 9.92 Å². The zero-order valence-electron chi connectivity index (χ0n) is 15.4. The molecular formula is C16H21Cl2N5O4S. The summed E-state index contributed by atoms with van der Waals surface area (Å²) in [5.41, 5.74) is 4.60. The van der Waals surface area contributed by atoms with Crippen molar-refractivity contribution in [2.75, 3.05) is 11.9 Å². The predicted octanol–water partition coefficient (Wildman–Crippen LogP) is 2.24. The molecule has 12 heteroatoms. The van der Waals surface area contributed by atoms with E-state index in [-0.39, 0.29) is 29.1 Å². The number of hydrogen-bond donors (Lipinski definition) is 4. The first kappa shape index (κ1) is 23.9. The third-order valence-electron chi connectivity index (χ3n) is 3.20. The highest BCUT2D eigenvalue weighted by Crippen LogP contribution is 2.29. The molecule has 0 aliphatic heterocycles. The maximum Gasteiger partial charge on any atom is 0.321 e. The van der Waals surface area contributed by atoms with Gasteiger partial charge in [-0.2, -0.15) is 4.72 Å². The lowest BCUT2D eigenvalue weighted by Gasteiger charge is -2.19. The molecular weight excluding hydrogens is 429 g/mol. The zero-order valence-corrected chi connectivity index (χ0v) is 17.8. The number of halogens is 2. The Balaban J connectivity index is 0.00000392. The molecule has 0 bridgehead atoms. The number of esters is 1. The van der Waals surface area contributed by atoms with Gasteiger partial charge in [-0.15, -0.1) is 12.4 Å². The number of nitrogens with one attached hydrogen (secondary N) is 3. The number of aromatic nitrogens is 1. The van der Waals surface area contributed by atoms with E-state index in [4.69, 9.17) is 27.5 Å². The Hall–Kier alpha value is -2.14. The van der Waals surface area contributed by atoms with Crippen LogP contribution in [0.2, 0.25) is 5.02 Å². The number of hydrogen-bond acceptors (Lipinski definition) is 6. The van der Waals surface area contributed by atoms with Crippen LogP contribution in [0.15, 0.2) is 29.3 Å². The van der Waals surface area contributed by atoms with Crippen LogP contribution in [0.3, 0.4) is 0 Å². The average Bonchev–Trinajstić information content (AvgIpc) is 2.53. The van der Waals surface area contributed by atoms with Crippen molar-refractivity contribution in [2.45, 2.75) is 31.3 Å². The lowest BCUT2D eigenvalue weighted by Crippen LogP contribution is -2.34. The van der Waals surface area contributed by atoms with Crippen molar-refractivity contribution in [3.63, 3.8) is 0 Å². The molecule has 0 radical (unpaired) electrons. The number of fused-ring (bicyclic) bond motifs is 1. The highest BCUT2D eigenvalue weighted by molar-refractivity contribution is 7.89. The van der Waals surface area contributed by atoms with Crippen LogP contribution in [0.1, 0.15) is 20.8 Å². The van der Waals surface area contributed by atoms with E-state index in [9.17, 15) is 13.2 Å². The van der Waals surface area contributed by atoms with Gasteiger partial charge in [0.25, 0.3) is 0 Å². The van der Waals surface area contributed by atoms with Crippen molar-refractivity contribution in [3.8, 4) is 0 Å². The fourth-order valence-electron chi connectivity index (χ4n) is 2.20. The second-order valence-corrected chi connectivity index (χ2v) is 8.79. The largest absolute Gasteiger partial charge is 0.459 e. The van der Waals surface area contributed by atoms with Crippen LogP contribution in [0, 0.1) is 5.41 Å². The summed E-state index contributed by atoms with van der Waals surface area (Å²) in [7, 11) is -3.99. The minimum absolute atomic E-state index is 0. The second kappa shape index (κ2) is 8.91. The number of benzene rings is 1. The van der Waals surface area contributed by atoms with Gasteiger partial charge in [0.2, 0.25) is 10.0 Å². The van der Waals surface area contributed by atoms with Crippen LogP contribution >= 0.6 is 24.0 Å². The van der Waals surface area contributed by atoms with Crippen LogP contribution in [-0.4, -0.2) is 37.5 Å². The van der Waals surface area contributed by atoms with Crippen LogP contribution in [0.5, 0.6) is 0 Å². The molecule has 1 heterocycles. The Bertz CT molecular complexity index is 1010. The first-order valence-electron chi connectivity index (χ1n) is 7.80. The molecule has 0 unspecified atom stereocenters. The highest BCUT2D eigenvalue weighted by Gasteiger charge is 2.21. The molecule has 5 N–H and O–H groups in total. The predicted molar refractivity (Wildman–Crippen MR) is 111 cm³/mol. The van der Waals surface area contributed by atoms with E-state index in [0.29, 0.717) is 15.8 Å². The minimum atomic E-state index is -3.99. The SMILES string of the molecule is CC(C)(C)OC(=O)CNS(=O)(=O)c1ccc2c(Cl)cnc(NC(=N)N)c2c1.Cl. The molecule has 0 atom stereocenters. The summed E-state index contributed by atoms with van der Waals surface area (Å²) < 4.78 is 32.3. The third kappa shape index (κ3) is 6.20. The number of ether oxygens (including phenoxy) is 1. The lowest BCUT2D eigenvalue weighted by molar-refractivity contribution is -0.153. The molecule has 0 spiro atoms.